The number of nitrogens with zero attached hydrogens (tertiary/aromatic N) is 5. The molecule has 4 rings (SSSR count). The van der Waals surface area contributed by atoms with Gasteiger partial charge >= 0.3 is 0 Å². The third kappa shape index (κ3) is 5.31. The lowest BCUT2D eigenvalue weighted by Crippen LogP contribution is -2.40. The summed E-state index contributed by atoms with van der Waals surface area (Å²) in [4.78, 5) is 7.04. The van der Waals surface area contributed by atoms with E-state index in [0.29, 0.717) is 59.1 Å². The lowest BCUT2D eigenvalue weighted by atomic mass is 10.2. The molecule has 0 saturated carbocycles. The Labute approximate surface area is 222 Å². The van der Waals surface area contributed by atoms with Crippen molar-refractivity contribution < 1.29 is 13.2 Å². The van der Waals surface area contributed by atoms with Crippen LogP contribution in [0.2, 0.25) is 10.2 Å². The summed E-state index contributed by atoms with van der Waals surface area (Å²) in [7, 11) is -3.67. The Kier molecular flexibility index (Phi) is 8.37. The quantitative estimate of drug-likeness (QED) is 0.365. The first-order chi connectivity index (χ1) is 17.3. The van der Waals surface area contributed by atoms with Crippen molar-refractivity contribution in [3.05, 3.63) is 63.9 Å². The zero-order valence-corrected chi connectivity index (χ0v) is 22.8. The van der Waals surface area contributed by atoms with E-state index in [1.165, 1.54) is 4.31 Å². The molecule has 3 aromatic rings. The van der Waals surface area contributed by atoms with E-state index in [2.05, 4.69) is 10.00 Å². The van der Waals surface area contributed by atoms with Crippen molar-refractivity contribution in [1.29, 1.82) is 0 Å². The molecule has 1 aliphatic heterocycles. The number of sulfonamides is 1. The van der Waals surface area contributed by atoms with Gasteiger partial charge in [0.1, 0.15) is 5.15 Å². The van der Waals surface area contributed by atoms with Crippen LogP contribution in [0.1, 0.15) is 25.1 Å². The van der Waals surface area contributed by atoms with E-state index in [1.807, 2.05) is 45.0 Å². The Morgan fingerprint density at radius 2 is 1.81 bits per heavy atom. The van der Waals surface area contributed by atoms with Crippen LogP contribution in [0.4, 0.5) is 11.4 Å². The van der Waals surface area contributed by atoms with Crippen molar-refractivity contribution in [2.75, 3.05) is 44.3 Å². The molecular weight excluding hydrogens is 521 g/mol. The van der Waals surface area contributed by atoms with E-state index < -0.39 is 10.0 Å². The average Bonchev–Trinajstić information content (AvgIpc) is 3.17. The number of para-hydroxylation sites is 1. The highest BCUT2D eigenvalue weighted by molar-refractivity contribution is 7.89. The van der Waals surface area contributed by atoms with Crippen LogP contribution in [0.15, 0.2) is 52.4 Å². The summed E-state index contributed by atoms with van der Waals surface area (Å²) in [6.45, 7) is 8.85. The van der Waals surface area contributed by atoms with Crippen LogP contribution in [0.3, 0.4) is 0 Å². The van der Waals surface area contributed by atoms with Crippen LogP contribution in [0.25, 0.3) is 5.69 Å². The fourth-order valence-electron chi connectivity index (χ4n) is 4.11. The van der Waals surface area contributed by atoms with Gasteiger partial charge in [0.2, 0.25) is 10.0 Å². The standard InChI is InChI=1S/C25H29Cl2N5O3S/c1-4-30(5-2)24-11-10-19(36(33,34)31-12-14-35-15-13-31)16-22(24)28-17-20-18(3)29-32(25(20)27)23-9-7-6-8-21(23)26/h6-11,16-17H,4-5,12-15H2,1-3H3. The Morgan fingerprint density at radius 1 is 1.11 bits per heavy atom. The Bertz CT molecular complexity index is 1360. The molecule has 0 bridgehead atoms. The largest absolute Gasteiger partial charge is 0.379 e. The molecule has 1 aromatic heterocycles. The van der Waals surface area contributed by atoms with Crippen molar-refractivity contribution in [2.24, 2.45) is 4.99 Å². The minimum atomic E-state index is -3.67. The zero-order chi connectivity index (χ0) is 25.9. The summed E-state index contributed by atoms with van der Waals surface area (Å²) in [6.07, 6.45) is 1.63. The molecule has 0 N–H and O–H groups in total. The summed E-state index contributed by atoms with van der Waals surface area (Å²) in [6, 6.07) is 12.4. The molecule has 1 saturated heterocycles. The maximum Gasteiger partial charge on any atom is 0.243 e. The first-order valence-corrected chi connectivity index (χ1v) is 14.0. The number of ether oxygens (including phenoxy) is 1. The third-order valence-electron chi connectivity index (χ3n) is 6.12. The van der Waals surface area contributed by atoms with Gasteiger partial charge in [0.05, 0.1) is 51.5 Å². The number of aromatic nitrogens is 2. The van der Waals surface area contributed by atoms with Gasteiger partial charge in [-0.1, -0.05) is 35.3 Å². The van der Waals surface area contributed by atoms with E-state index >= 15 is 0 Å². The van der Waals surface area contributed by atoms with Crippen molar-refractivity contribution in [1.82, 2.24) is 14.1 Å². The minimum absolute atomic E-state index is 0.196. The summed E-state index contributed by atoms with van der Waals surface area (Å²) in [5, 5.41) is 5.44. The second kappa shape index (κ2) is 11.3. The fraction of sp³-hybridized carbons (Fsp3) is 0.360. The number of hydrogen-bond donors (Lipinski definition) is 0. The molecule has 36 heavy (non-hydrogen) atoms. The highest BCUT2D eigenvalue weighted by Gasteiger charge is 2.27. The van der Waals surface area contributed by atoms with Gasteiger partial charge in [0.15, 0.2) is 0 Å². The minimum Gasteiger partial charge on any atom is -0.379 e. The number of halogens is 2. The highest BCUT2D eigenvalue weighted by atomic mass is 35.5. The number of anilines is 1. The SMILES string of the molecule is CCN(CC)c1ccc(S(=O)(=O)N2CCOCC2)cc1N=Cc1c(C)nn(-c2ccccc2Cl)c1Cl. The summed E-state index contributed by atoms with van der Waals surface area (Å²) < 4.78 is 34.9. The molecule has 2 heterocycles. The van der Waals surface area contributed by atoms with Gasteiger partial charge in [-0.05, 0) is 51.1 Å². The lowest BCUT2D eigenvalue weighted by Gasteiger charge is -2.27. The van der Waals surface area contributed by atoms with Crippen LogP contribution < -0.4 is 4.90 Å². The number of hydrogen-bond acceptors (Lipinski definition) is 6. The van der Waals surface area contributed by atoms with Crippen LogP contribution in [-0.2, 0) is 14.8 Å². The number of rotatable bonds is 8. The van der Waals surface area contributed by atoms with Crippen LogP contribution in [0.5, 0.6) is 0 Å². The van der Waals surface area contributed by atoms with E-state index in [4.69, 9.17) is 32.9 Å². The van der Waals surface area contributed by atoms with E-state index in [9.17, 15) is 8.42 Å². The Balaban J connectivity index is 1.76. The first kappa shape index (κ1) is 26.6. The summed E-state index contributed by atoms with van der Waals surface area (Å²) in [5.41, 5.74) is 3.33. The molecule has 0 radical (unpaired) electrons. The molecule has 1 aliphatic rings. The van der Waals surface area contributed by atoms with Crippen LogP contribution in [-0.4, -0.2) is 68.1 Å². The van der Waals surface area contributed by atoms with Crippen LogP contribution in [0, 0.1) is 6.92 Å². The van der Waals surface area contributed by atoms with Gasteiger partial charge in [-0.2, -0.15) is 9.40 Å². The molecule has 0 amide bonds. The number of aryl methyl sites for hydroxylation is 1. The zero-order valence-electron chi connectivity index (χ0n) is 20.5. The molecule has 0 unspecified atom stereocenters. The second-order valence-electron chi connectivity index (χ2n) is 8.25. The van der Waals surface area contributed by atoms with Crippen molar-refractivity contribution in [2.45, 2.75) is 25.7 Å². The molecular formula is C25H29Cl2N5O3S. The predicted molar refractivity (Wildman–Crippen MR) is 145 cm³/mol. The summed E-state index contributed by atoms with van der Waals surface area (Å²) >= 11 is 13.0. The number of morpholine rings is 1. The van der Waals surface area contributed by atoms with E-state index in [-0.39, 0.29) is 4.90 Å². The normalized spacial score (nSPS) is 15.0. The molecule has 0 aliphatic carbocycles. The van der Waals surface area contributed by atoms with Crippen LogP contribution >= 0.6 is 23.2 Å². The van der Waals surface area contributed by atoms with E-state index in [1.54, 1.807) is 29.1 Å². The maximum absolute atomic E-state index is 13.3. The monoisotopic (exact) mass is 549 g/mol. The van der Waals surface area contributed by atoms with Gasteiger partial charge in [-0.3, -0.25) is 4.99 Å². The van der Waals surface area contributed by atoms with Gasteiger partial charge in [0, 0.05) is 32.4 Å². The Morgan fingerprint density at radius 3 is 2.47 bits per heavy atom. The lowest BCUT2D eigenvalue weighted by molar-refractivity contribution is 0.0730. The molecule has 0 atom stereocenters. The highest BCUT2D eigenvalue weighted by Crippen LogP contribution is 2.33. The third-order valence-corrected chi connectivity index (χ3v) is 8.70. The smallest absolute Gasteiger partial charge is 0.243 e. The predicted octanol–water partition coefficient (Wildman–Crippen LogP) is 5.11. The van der Waals surface area contributed by atoms with E-state index in [0.717, 1.165) is 18.8 Å². The molecule has 11 heteroatoms. The maximum atomic E-state index is 13.3. The van der Waals surface area contributed by atoms with Gasteiger partial charge in [-0.25, -0.2) is 13.1 Å². The van der Waals surface area contributed by atoms with Crippen molar-refractivity contribution >= 4 is 50.8 Å². The van der Waals surface area contributed by atoms with Gasteiger partial charge in [-0.15, -0.1) is 0 Å². The van der Waals surface area contributed by atoms with Crippen molar-refractivity contribution in [3.8, 4) is 5.69 Å². The fourth-order valence-corrected chi connectivity index (χ4v) is 6.07. The first-order valence-electron chi connectivity index (χ1n) is 11.8. The van der Waals surface area contributed by atoms with Gasteiger partial charge in [0.25, 0.3) is 0 Å². The number of aliphatic imine (C=N–C) groups is 1. The topological polar surface area (TPSA) is 80.0 Å². The Hall–Kier alpha value is -2.43. The number of benzene rings is 2. The molecule has 8 nitrogen and oxygen atoms in total. The average molecular weight is 551 g/mol. The molecule has 192 valence electrons. The summed E-state index contributed by atoms with van der Waals surface area (Å²) in [5.74, 6) is 0. The van der Waals surface area contributed by atoms with Crippen molar-refractivity contribution in [3.63, 3.8) is 0 Å². The molecule has 0 spiro atoms. The molecule has 1 fully saturated rings. The second-order valence-corrected chi connectivity index (χ2v) is 11.0. The van der Waals surface area contributed by atoms with Gasteiger partial charge < -0.3 is 9.64 Å². The molecule has 2 aromatic carbocycles.